The highest BCUT2D eigenvalue weighted by Crippen LogP contribution is 2.38. The Morgan fingerprint density at radius 2 is 1.93 bits per heavy atom. The third kappa shape index (κ3) is 4.17. The number of anilines is 1. The molecule has 0 aliphatic carbocycles. The summed E-state index contributed by atoms with van der Waals surface area (Å²) in [7, 11) is 0. The van der Waals surface area contributed by atoms with Gasteiger partial charge in [0.25, 0.3) is 5.91 Å². The molecule has 142 valence electrons. The number of amides is 1. The molecular weight excluding hydrogens is 370 g/mol. The van der Waals surface area contributed by atoms with E-state index in [2.05, 4.69) is 0 Å². The van der Waals surface area contributed by atoms with Crippen LogP contribution in [0.2, 0.25) is 5.02 Å². The van der Waals surface area contributed by atoms with Crippen LogP contribution in [0.4, 0.5) is 5.69 Å². The summed E-state index contributed by atoms with van der Waals surface area (Å²) in [4.78, 5) is 25.6. The number of nitrogens with zero attached hydrogens (tertiary/aromatic N) is 1. The van der Waals surface area contributed by atoms with Gasteiger partial charge in [0.1, 0.15) is 11.5 Å². The Bertz CT molecular complexity index is 863. The predicted molar refractivity (Wildman–Crippen MR) is 102 cm³/mol. The number of fused-ring (bicyclic) bond motifs is 1. The van der Waals surface area contributed by atoms with Crippen molar-refractivity contribution >= 4 is 29.2 Å². The van der Waals surface area contributed by atoms with Gasteiger partial charge in [-0.3, -0.25) is 4.79 Å². The van der Waals surface area contributed by atoms with Crippen LogP contribution in [0.5, 0.6) is 11.5 Å². The average Bonchev–Trinajstić information content (AvgIpc) is 2.62. The molecule has 1 aliphatic rings. The Balaban J connectivity index is 1.73. The van der Waals surface area contributed by atoms with E-state index in [0.29, 0.717) is 41.8 Å². The Labute approximate surface area is 162 Å². The monoisotopic (exact) mass is 389 g/mol. The Morgan fingerprint density at radius 1 is 1.22 bits per heavy atom. The van der Waals surface area contributed by atoms with Crippen molar-refractivity contribution in [2.45, 2.75) is 25.9 Å². The molecule has 1 N–H and O–H groups in total. The topological polar surface area (TPSA) is 76.1 Å². The molecule has 1 amide bonds. The minimum absolute atomic E-state index is 0.104. The summed E-state index contributed by atoms with van der Waals surface area (Å²) in [6.45, 7) is 4.18. The maximum absolute atomic E-state index is 12.8. The molecular formula is C20H20ClNO5. The molecule has 1 heterocycles. The van der Waals surface area contributed by atoms with Gasteiger partial charge in [-0.15, -0.1) is 0 Å². The summed E-state index contributed by atoms with van der Waals surface area (Å²) < 4.78 is 11.4. The minimum Gasteiger partial charge on any atom is -0.494 e. The maximum Gasteiger partial charge on any atom is 0.335 e. The molecule has 2 aromatic carbocycles. The van der Waals surface area contributed by atoms with E-state index in [4.69, 9.17) is 21.1 Å². The van der Waals surface area contributed by atoms with Gasteiger partial charge < -0.3 is 19.5 Å². The van der Waals surface area contributed by atoms with E-state index in [1.165, 1.54) is 12.1 Å². The maximum atomic E-state index is 12.8. The Hall–Kier alpha value is -2.73. The van der Waals surface area contributed by atoms with Gasteiger partial charge >= 0.3 is 5.97 Å². The molecule has 27 heavy (non-hydrogen) atoms. The second-order valence-corrected chi connectivity index (χ2v) is 7.15. The van der Waals surface area contributed by atoms with Gasteiger partial charge in [0, 0.05) is 11.6 Å². The van der Waals surface area contributed by atoms with Crippen LogP contribution in [-0.2, 0) is 4.79 Å². The first-order chi connectivity index (χ1) is 12.8. The number of ether oxygens (including phenoxy) is 2. The summed E-state index contributed by atoms with van der Waals surface area (Å²) in [5.41, 5.74) is -0.451. The number of carboxylic acid groups (broad SMARTS) is 1. The molecule has 0 unspecified atom stereocenters. The molecule has 0 saturated carbocycles. The van der Waals surface area contributed by atoms with E-state index < -0.39 is 11.6 Å². The van der Waals surface area contributed by atoms with Crippen LogP contribution in [0.15, 0.2) is 42.5 Å². The number of carbonyl (C=O) groups is 2. The van der Waals surface area contributed by atoms with Gasteiger partial charge in [0.2, 0.25) is 0 Å². The van der Waals surface area contributed by atoms with Crippen molar-refractivity contribution in [3.63, 3.8) is 0 Å². The number of hydrogen-bond acceptors (Lipinski definition) is 4. The first-order valence-electron chi connectivity index (χ1n) is 8.54. The van der Waals surface area contributed by atoms with Gasteiger partial charge in [-0.05, 0) is 62.7 Å². The van der Waals surface area contributed by atoms with E-state index in [0.717, 1.165) is 0 Å². The molecule has 0 radical (unpaired) electrons. The smallest absolute Gasteiger partial charge is 0.335 e. The second-order valence-electron chi connectivity index (χ2n) is 6.71. The summed E-state index contributed by atoms with van der Waals surface area (Å²) in [6.07, 6.45) is 0.571. The van der Waals surface area contributed by atoms with E-state index >= 15 is 0 Å². The number of carbonyl (C=O) groups excluding carboxylic acids is 1. The van der Waals surface area contributed by atoms with E-state index in [9.17, 15) is 14.7 Å². The number of aromatic carboxylic acids is 1. The number of carboxylic acids is 1. The first-order valence-corrected chi connectivity index (χ1v) is 8.92. The Morgan fingerprint density at radius 3 is 2.59 bits per heavy atom. The van der Waals surface area contributed by atoms with E-state index in [1.54, 1.807) is 49.1 Å². The van der Waals surface area contributed by atoms with Crippen LogP contribution in [0.1, 0.15) is 30.6 Å². The third-order valence-corrected chi connectivity index (χ3v) is 4.48. The molecule has 0 fully saturated rings. The summed E-state index contributed by atoms with van der Waals surface area (Å²) in [6, 6.07) is 11.6. The highest BCUT2D eigenvalue weighted by atomic mass is 35.5. The van der Waals surface area contributed by atoms with Crippen molar-refractivity contribution in [1.82, 2.24) is 0 Å². The van der Waals surface area contributed by atoms with Crippen LogP contribution >= 0.6 is 11.6 Å². The minimum atomic E-state index is -1.05. The molecule has 7 heteroatoms. The normalized spacial score (nSPS) is 15.1. The lowest BCUT2D eigenvalue weighted by Crippen LogP contribution is -2.53. The molecule has 0 spiro atoms. The van der Waals surface area contributed by atoms with Crippen molar-refractivity contribution in [1.29, 1.82) is 0 Å². The van der Waals surface area contributed by atoms with Gasteiger partial charge in [0.05, 0.1) is 17.9 Å². The lowest BCUT2D eigenvalue weighted by molar-refractivity contribution is -0.132. The van der Waals surface area contributed by atoms with Crippen molar-refractivity contribution in [3.05, 3.63) is 53.1 Å². The van der Waals surface area contributed by atoms with Crippen LogP contribution in [0.25, 0.3) is 0 Å². The Kier molecular flexibility index (Phi) is 5.28. The highest BCUT2D eigenvalue weighted by Gasteiger charge is 2.40. The fourth-order valence-corrected chi connectivity index (χ4v) is 2.99. The standard InChI is InChI=1S/C20H20ClNO5/c1-20(2)19(25)22(10-3-11-26-15-7-5-14(21)6-8-15)16-12-13(18(23)24)4-9-17(16)27-20/h4-9,12H,3,10-11H2,1-2H3,(H,23,24). The quantitative estimate of drug-likeness (QED) is 0.755. The molecule has 0 atom stereocenters. The molecule has 6 nitrogen and oxygen atoms in total. The van der Waals surface area contributed by atoms with Crippen molar-refractivity contribution in [2.24, 2.45) is 0 Å². The van der Waals surface area contributed by atoms with Crippen molar-refractivity contribution < 1.29 is 24.2 Å². The second kappa shape index (κ2) is 7.48. The predicted octanol–water partition coefficient (Wildman–Crippen LogP) is 4.01. The number of halogens is 1. The molecule has 0 saturated heterocycles. The zero-order valence-corrected chi connectivity index (χ0v) is 15.8. The third-order valence-electron chi connectivity index (χ3n) is 4.23. The van der Waals surface area contributed by atoms with E-state index in [1.807, 2.05) is 0 Å². The zero-order valence-electron chi connectivity index (χ0n) is 15.1. The van der Waals surface area contributed by atoms with Gasteiger partial charge in [-0.1, -0.05) is 11.6 Å². The fraction of sp³-hybridized carbons (Fsp3) is 0.300. The highest BCUT2D eigenvalue weighted by molar-refractivity contribution is 6.30. The van der Waals surface area contributed by atoms with Crippen molar-refractivity contribution in [2.75, 3.05) is 18.1 Å². The SMILES string of the molecule is CC1(C)Oc2ccc(C(=O)O)cc2N(CCCOc2ccc(Cl)cc2)C1=O. The molecule has 0 aromatic heterocycles. The van der Waals surface area contributed by atoms with E-state index in [-0.39, 0.29) is 11.5 Å². The number of benzene rings is 2. The lowest BCUT2D eigenvalue weighted by Gasteiger charge is -2.39. The van der Waals surface area contributed by atoms with Crippen molar-refractivity contribution in [3.8, 4) is 11.5 Å². The fourth-order valence-electron chi connectivity index (χ4n) is 2.87. The molecule has 1 aliphatic heterocycles. The summed E-state index contributed by atoms with van der Waals surface area (Å²) >= 11 is 5.85. The average molecular weight is 390 g/mol. The molecule has 3 rings (SSSR count). The lowest BCUT2D eigenvalue weighted by atomic mass is 10.0. The van der Waals surface area contributed by atoms with Crippen LogP contribution in [0, 0.1) is 0 Å². The van der Waals surface area contributed by atoms with Gasteiger partial charge in [-0.25, -0.2) is 4.79 Å². The van der Waals surface area contributed by atoms with Gasteiger partial charge in [0.15, 0.2) is 5.60 Å². The zero-order chi connectivity index (χ0) is 19.6. The molecule has 2 aromatic rings. The van der Waals surface area contributed by atoms with Gasteiger partial charge in [-0.2, -0.15) is 0 Å². The number of rotatable bonds is 6. The largest absolute Gasteiger partial charge is 0.494 e. The van der Waals surface area contributed by atoms with Crippen LogP contribution in [0.3, 0.4) is 0 Å². The van der Waals surface area contributed by atoms with Crippen LogP contribution < -0.4 is 14.4 Å². The molecule has 0 bridgehead atoms. The summed E-state index contributed by atoms with van der Waals surface area (Å²) in [5, 5.41) is 9.86. The first kappa shape index (κ1) is 19.0. The summed E-state index contributed by atoms with van der Waals surface area (Å²) in [5.74, 6) is -0.0880. The number of hydrogen-bond donors (Lipinski definition) is 1. The van der Waals surface area contributed by atoms with Crippen LogP contribution in [-0.4, -0.2) is 35.7 Å².